The molecule has 208 valence electrons. The summed E-state index contributed by atoms with van der Waals surface area (Å²) in [4.78, 5) is 34.5. The van der Waals surface area contributed by atoms with Crippen molar-refractivity contribution in [2.45, 2.75) is 76.7 Å². The third kappa shape index (κ3) is 5.67. The molecule has 0 unspecified atom stereocenters. The number of carboxylic acids is 1. The van der Waals surface area contributed by atoms with E-state index in [2.05, 4.69) is 0 Å². The van der Waals surface area contributed by atoms with Gasteiger partial charge in [0.25, 0.3) is 0 Å². The van der Waals surface area contributed by atoms with Crippen molar-refractivity contribution in [2.75, 3.05) is 6.61 Å². The Hall–Kier alpha value is -3.09. The van der Waals surface area contributed by atoms with Gasteiger partial charge < -0.3 is 44.9 Å². The minimum absolute atomic E-state index is 0.00174. The van der Waals surface area contributed by atoms with Crippen molar-refractivity contribution >= 4 is 28.8 Å². The minimum Gasteiger partial charge on any atom is -0.506 e. The van der Waals surface area contributed by atoms with Gasteiger partial charge in [0.2, 0.25) is 6.29 Å². The molecule has 1 saturated heterocycles. The molecular weight excluding hydrogens is 500 g/mol. The fourth-order valence-electron chi connectivity index (χ4n) is 4.98. The van der Waals surface area contributed by atoms with E-state index in [1.54, 1.807) is 6.92 Å². The van der Waals surface area contributed by atoms with Crippen molar-refractivity contribution in [1.29, 1.82) is 0 Å². The highest BCUT2D eigenvalue weighted by molar-refractivity contribution is 6.08. The first kappa shape index (κ1) is 29.5. The molecule has 6 N–H and O–H groups in total. The predicted molar refractivity (Wildman–Crippen MR) is 134 cm³/mol. The first-order chi connectivity index (χ1) is 17.8. The molecule has 1 aliphatic heterocycles. The van der Waals surface area contributed by atoms with Gasteiger partial charge in [0.1, 0.15) is 41.7 Å². The van der Waals surface area contributed by atoms with Crippen LogP contribution in [0.1, 0.15) is 65.8 Å². The number of hydrogen-bond acceptors (Lipinski definition) is 10. The third-order valence-corrected chi connectivity index (χ3v) is 7.17. The first-order valence-corrected chi connectivity index (χ1v) is 12.3. The zero-order chi connectivity index (χ0) is 28.4. The van der Waals surface area contributed by atoms with Crippen LogP contribution < -0.4 is 4.74 Å². The van der Waals surface area contributed by atoms with E-state index >= 15 is 0 Å². The summed E-state index contributed by atoms with van der Waals surface area (Å²) in [6, 6.07) is 3.88. The van der Waals surface area contributed by atoms with Gasteiger partial charge in [0.05, 0.1) is 23.1 Å². The van der Waals surface area contributed by atoms with Gasteiger partial charge >= 0.3 is 5.97 Å². The van der Waals surface area contributed by atoms with Gasteiger partial charge in [-0.1, -0.05) is 13.0 Å². The van der Waals surface area contributed by atoms with Crippen LogP contribution >= 0.6 is 0 Å². The zero-order valence-electron chi connectivity index (χ0n) is 21.5. The topological polar surface area (TPSA) is 191 Å². The molecular formula is C27H34O11. The Bertz CT molecular complexity index is 1210. The molecule has 6 atom stereocenters. The molecule has 38 heavy (non-hydrogen) atoms. The van der Waals surface area contributed by atoms with E-state index in [0.29, 0.717) is 24.8 Å². The molecule has 0 aliphatic carbocycles. The number of carboxylic acid groups (broad SMARTS) is 1. The second-order valence-corrected chi connectivity index (χ2v) is 9.96. The number of aldehydes is 1. The fourth-order valence-corrected chi connectivity index (χ4v) is 4.98. The van der Waals surface area contributed by atoms with E-state index in [-0.39, 0.29) is 40.0 Å². The van der Waals surface area contributed by atoms with Crippen LogP contribution in [-0.4, -0.2) is 85.5 Å². The van der Waals surface area contributed by atoms with E-state index in [4.69, 9.17) is 9.47 Å². The molecule has 1 heterocycles. The summed E-state index contributed by atoms with van der Waals surface area (Å²) in [7, 11) is 0. The van der Waals surface area contributed by atoms with Crippen LogP contribution in [-0.2, 0) is 9.53 Å². The number of carbonyl (C=O) groups is 3. The van der Waals surface area contributed by atoms with Gasteiger partial charge in [-0.3, -0.25) is 4.79 Å². The molecule has 2 aromatic rings. The number of hydrogen-bond donors (Lipinski definition) is 6. The molecule has 1 fully saturated rings. The summed E-state index contributed by atoms with van der Waals surface area (Å²) >= 11 is 0. The van der Waals surface area contributed by atoms with Gasteiger partial charge in [-0.2, -0.15) is 0 Å². The highest BCUT2D eigenvalue weighted by atomic mass is 16.7. The molecule has 0 spiro atoms. The average Bonchev–Trinajstić information content (AvgIpc) is 2.85. The molecule has 1 aliphatic rings. The molecule has 3 rings (SSSR count). The molecule has 0 radical (unpaired) electrons. The maximum atomic E-state index is 12.2. The number of ether oxygens (including phenoxy) is 2. The SMILES string of the molecule is CC(=O)c1c(C)cc2cc(C(=O)O)cc(O[C@@H]3O[C@H](CO)[C@](O)(CC[C@H](C)CCC=O)[C@H](O)[C@H]3O)c2c1O. The molecule has 0 bridgehead atoms. The lowest BCUT2D eigenvalue weighted by Crippen LogP contribution is -2.67. The van der Waals surface area contributed by atoms with E-state index in [1.807, 2.05) is 6.92 Å². The minimum atomic E-state index is -2.05. The van der Waals surface area contributed by atoms with Crippen LogP contribution in [0.4, 0.5) is 0 Å². The summed E-state index contributed by atoms with van der Waals surface area (Å²) in [6.45, 7) is 3.97. The number of aliphatic hydroxyl groups is 4. The van der Waals surface area contributed by atoms with Crippen LogP contribution in [0.25, 0.3) is 10.8 Å². The van der Waals surface area contributed by atoms with Crippen molar-refractivity contribution in [3.05, 3.63) is 34.9 Å². The Kier molecular flexibility index (Phi) is 9.11. The van der Waals surface area contributed by atoms with Crippen LogP contribution in [0.2, 0.25) is 0 Å². The molecule has 11 nitrogen and oxygen atoms in total. The number of aromatic carboxylic acids is 1. The molecule has 0 aromatic heterocycles. The van der Waals surface area contributed by atoms with Gasteiger partial charge in [-0.15, -0.1) is 0 Å². The Morgan fingerprint density at radius 1 is 1.21 bits per heavy atom. The third-order valence-electron chi connectivity index (χ3n) is 7.17. The number of aromatic hydroxyl groups is 1. The Balaban J connectivity index is 1.99. The second-order valence-electron chi connectivity index (χ2n) is 9.96. The van der Waals surface area contributed by atoms with E-state index in [1.165, 1.54) is 19.1 Å². The number of aryl methyl sites for hydroxylation is 1. The van der Waals surface area contributed by atoms with Gasteiger partial charge in [0.15, 0.2) is 5.78 Å². The summed E-state index contributed by atoms with van der Waals surface area (Å²) in [5.74, 6) is -2.44. The summed E-state index contributed by atoms with van der Waals surface area (Å²) in [6.07, 6.45) is -4.73. The maximum absolute atomic E-state index is 12.2. The van der Waals surface area contributed by atoms with E-state index in [9.17, 15) is 45.0 Å². The summed E-state index contributed by atoms with van der Waals surface area (Å²) in [5, 5.41) is 63.6. The van der Waals surface area contributed by atoms with Crippen molar-refractivity contribution in [3.8, 4) is 11.5 Å². The standard InChI is InChI=1S/C27H34O11/c1-13(5-4-8-28)6-7-27(36)19(12-29)38-26(23(32)24(27)33)37-18-11-17(25(34)35)10-16-9-14(2)20(15(3)30)22(31)21(16)18/h8-11,13,19,23-24,26,29,31-33,36H,4-7,12H2,1-3H3,(H,34,35)/t13-,19-,23-,24-,26-,27-/m1/s1. The highest BCUT2D eigenvalue weighted by Gasteiger charge is 2.55. The van der Waals surface area contributed by atoms with E-state index in [0.717, 1.165) is 12.4 Å². The number of phenols is 1. The Morgan fingerprint density at radius 2 is 1.89 bits per heavy atom. The predicted octanol–water partition coefficient (Wildman–Crippen LogP) is 1.70. The van der Waals surface area contributed by atoms with Crippen molar-refractivity contribution < 1.29 is 54.5 Å². The Morgan fingerprint density at radius 3 is 2.47 bits per heavy atom. The summed E-state index contributed by atoms with van der Waals surface area (Å²) < 4.78 is 11.4. The largest absolute Gasteiger partial charge is 0.506 e. The maximum Gasteiger partial charge on any atom is 0.335 e. The number of phenolic OH excluding ortho intramolecular Hbond substituents is 1. The fraction of sp³-hybridized carbons (Fsp3) is 0.519. The van der Waals surface area contributed by atoms with Crippen LogP contribution in [0.15, 0.2) is 18.2 Å². The number of aliphatic hydroxyl groups excluding tert-OH is 3. The van der Waals surface area contributed by atoms with Crippen LogP contribution in [0, 0.1) is 12.8 Å². The van der Waals surface area contributed by atoms with Crippen LogP contribution in [0.5, 0.6) is 11.5 Å². The molecule has 0 saturated carbocycles. The van der Waals surface area contributed by atoms with E-state index < -0.39 is 54.3 Å². The van der Waals surface area contributed by atoms with Gasteiger partial charge in [-0.25, -0.2) is 4.79 Å². The van der Waals surface area contributed by atoms with Gasteiger partial charge in [-0.05, 0) is 62.1 Å². The van der Waals surface area contributed by atoms with Crippen molar-refractivity contribution in [2.24, 2.45) is 5.92 Å². The van der Waals surface area contributed by atoms with Crippen molar-refractivity contribution in [3.63, 3.8) is 0 Å². The van der Waals surface area contributed by atoms with Crippen LogP contribution in [0.3, 0.4) is 0 Å². The number of rotatable bonds is 11. The Labute approximate surface area is 219 Å². The average molecular weight is 535 g/mol. The quantitative estimate of drug-likeness (QED) is 0.182. The zero-order valence-corrected chi connectivity index (χ0v) is 21.5. The molecule has 2 aromatic carbocycles. The number of carbonyl (C=O) groups excluding carboxylic acids is 2. The number of benzene rings is 2. The van der Waals surface area contributed by atoms with Crippen molar-refractivity contribution in [1.82, 2.24) is 0 Å². The van der Waals surface area contributed by atoms with Gasteiger partial charge in [0, 0.05) is 6.42 Å². The monoisotopic (exact) mass is 534 g/mol. The normalized spacial score (nSPS) is 26.2. The number of ketones is 1. The lowest BCUT2D eigenvalue weighted by atomic mass is 9.79. The molecule has 11 heteroatoms. The molecule has 0 amide bonds. The number of fused-ring (bicyclic) bond motifs is 1. The highest BCUT2D eigenvalue weighted by Crippen LogP contribution is 2.42. The smallest absolute Gasteiger partial charge is 0.335 e. The summed E-state index contributed by atoms with van der Waals surface area (Å²) in [5.41, 5.74) is -1.85. The second kappa shape index (κ2) is 11.7. The lowest BCUT2D eigenvalue weighted by molar-refractivity contribution is -0.315. The first-order valence-electron chi connectivity index (χ1n) is 12.3. The number of Topliss-reactive ketones (excluding diaryl/α,β-unsaturated/α-hetero) is 1. The lowest BCUT2D eigenvalue weighted by Gasteiger charge is -2.48.